The van der Waals surface area contributed by atoms with Gasteiger partial charge >= 0.3 is 0 Å². The van der Waals surface area contributed by atoms with Crippen molar-refractivity contribution in [1.29, 1.82) is 0 Å². The SMILES string of the molecule is COc1ccc(C(COC(C)C)NN)cc1C. The van der Waals surface area contributed by atoms with E-state index >= 15 is 0 Å². The van der Waals surface area contributed by atoms with Crippen molar-refractivity contribution < 1.29 is 9.47 Å². The highest BCUT2D eigenvalue weighted by Gasteiger charge is 2.12. The van der Waals surface area contributed by atoms with Gasteiger partial charge in [-0.2, -0.15) is 0 Å². The normalized spacial score (nSPS) is 12.8. The van der Waals surface area contributed by atoms with E-state index in [0.29, 0.717) is 6.61 Å². The van der Waals surface area contributed by atoms with Gasteiger partial charge in [-0.15, -0.1) is 0 Å². The molecule has 1 unspecified atom stereocenters. The molecule has 1 aromatic rings. The lowest BCUT2D eigenvalue weighted by Crippen LogP contribution is -2.32. The number of hydrogen-bond donors (Lipinski definition) is 2. The van der Waals surface area contributed by atoms with E-state index < -0.39 is 0 Å². The maximum absolute atomic E-state index is 5.57. The zero-order valence-corrected chi connectivity index (χ0v) is 11.0. The number of aryl methyl sites for hydroxylation is 1. The lowest BCUT2D eigenvalue weighted by Gasteiger charge is -2.19. The molecular formula is C13H22N2O2. The zero-order valence-electron chi connectivity index (χ0n) is 11.0. The van der Waals surface area contributed by atoms with E-state index in [1.165, 1.54) is 0 Å². The van der Waals surface area contributed by atoms with Crippen LogP contribution in [0.1, 0.15) is 31.0 Å². The molecule has 0 spiro atoms. The summed E-state index contributed by atoms with van der Waals surface area (Å²) in [6.07, 6.45) is 0.199. The minimum atomic E-state index is 0.00186. The number of rotatable bonds is 6. The van der Waals surface area contributed by atoms with Gasteiger partial charge < -0.3 is 9.47 Å². The molecule has 4 heteroatoms. The van der Waals surface area contributed by atoms with E-state index in [4.69, 9.17) is 15.3 Å². The first-order valence-corrected chi connectivity index (χ1v) is 5.80. The van der Waals surface area contributed by atoms with E-state index in [1.807, 2.05) is 32.9 Å². The second kappa shape index (κ2) is 6.59. The summed E-state index contributed by atoms with van der Waals surface area (Å²) in [5, 5.41) is 0. The number of methoxy groups -OCH3 is 1. The minimum absolute atomic E-state index is 0.00186. The molecule has 0 aliphatic heterocycles. The van der Waals surface area contributed by atoms with Crippen molar-refractivity contribution in [3.8, 4) is 5.75 Å². The molecule has 96 valence electrons. The van der Waals surface area contributed by atoms with Crippen molar-refractivity contribution in [2.75, 3.05) is 13.7 Å². The number of ether oxygens (including phenoxy) is 2. The quantitative estimate of drug-likeness (QED) is 0.587. The molecule has 0 bridgehead atoms. The topological polar surface area (TPSA) is 56.5 Å². The van der Waals surface area contributed by atoms with Crippen LogP contribution in [0.2, 0.25) is 0 Å². The van der Waals surface area contributed by atoms with Gasteiger partial charge in [0.05, 0.1) is 25.9 Å². The fourth-order valence-electron chi connectivity index (χ4n) is 1.65. The Hall–Kier alpha value is -1.10. The predicted molar refractivity (Wildman–Crippen MR) is 68.9 cm³/mol. The molecule has 0 radical (unpaired) electrons. The Morgan fingerprint density at radius 3 is 2.53 bits per heavy atom. The number of benzene rings is 1. The van der Waals surface area contributed by atoms with Crippen LogP contribution in [0.5, 0.6) is 5.75 Å². The number of nitrogens with two attached hydrogens (primary N) is 1. The maximum atomic E-state index is 5.57. The first-order valence-electron chi connectivity index (χ1n) is 5.80. The van der Waals surface area contributed by atoms with Gasteiger partial charge in [0.15, 0.2) is 0 Å². The highest BCUT2D eigenvalue weighted by Crippen LogP contribution is 2.22. The second-order valence-corrected chi connectivity index (χ2v) is 4.33. The lowest BCUT2D eigenvalue weighted by molar-refractivity contribution is 0.0611. The molecule has 0 aliphatic rings. The fourth-order valence-corrected chi connectivity index (χ4v) is 1.65. The summed E-state index contributed by atoms with van der Waals surface area (Å²) in [6, 6.07) is 6.01. The van der Waals surface area contributed by atoms with Gasteiger partial charge in [-0.1, -0.05) is 12.1 Å². The van der Waals surface area contributed by atoms with Crippen LogP contribution >= 0.6 is 0 Å². The molecule has 0 amide bonds. The van der Waals surface area contributed by atoms with E-state index in [0.717, 1.165) is 16.9 Å². The average molecular weight is 238 g/mol. The lowest BCUT2D eigenvalue weighted by atomic mass is 10.0. The van der Waals surface area contributed by atoms with Crippen molar-refractivity contribution >= 4 is 0 Å². The number of nitrogens with one attached hydrogen (secondary N) is 1. The first-order chi connectivity index (χ1) is 8.08. The molecule has 1 rings (SSSR count). The molecule has 0 aliphatic carbocycles. The molecular weight excluding hydrogens is 216 g/mol. The standard InChI is InChI=1S/C13H22N2O2/c1-9(2)17-8-12(15-14)11-5-6-13(16-4)10(3)7-11/h5-7,9,12,15H,8,14H2,1-4H3. The van der Waals surface area contributed by atoms with Gasteiger partial charge in [0, 0.05) is 0 Å². The summed E-state index contributed by atoms with van der Waals surface area (Å²) >= 11 is 0. The highest BCUT2D eigenvalue weighted by atomic mass is 16.5. The Bertz CT molecular complexity index is 353. The summed E-state index contributed by atoms with van der Waals surface area (Å²) in [5.74, 6) is 6.43. The Labute approximate surface area is 103 Å². The van der Waals surface area contributed by atoms with Crippen LogP contribution in [-0.2, 0) is 4.74 Å². The monoisotopic (exact) mass is 238 g/mol. The highest BCUT2D eigenvalue weighted by molar-refractivity contribution is 5.37. The Morgan fingerprint density at radius 1 is 1.35 bits per heavy atom. The number of hydrazine groups is 1. The maximum Gasteiger partial charge on any atom is 0.121 e. The predicted octanol–water partition coefficient (Wildman–Crippen LogP) is 1.93. The molecule has 0 aromatic heterocycles. The van der Waals surface area contributed by atoms with Crippen LogP contribution in [0.4, 0.5) is 0 Å². The van der Waals surface area contributed by atoms with Gasteiger partial charge in [-0.05, 0) is 38.0 Å². The Kier molecular flexibility index (Phi) is 5.41. The van der Waals surface area contributed by atoms with Crippen LogP contribution in [0.15, 0.2) is 18.2 Å². The zero-order chi connectivity index (χ0) is 12.8. The smallest absolute Gasteiger partial charge is 0.121 e. The Morgan fingerprint density at radius 2 is 2.06 bits per heavy atom. The molecule has 1 atom stereocenters. The van der Waals surface area contributed by atoms with Crippen LogP contribution in [0.25, 0.3) is 0 Å². The van der Waals surface area contributed by atoms with Crippen molar-refractivity contribution in [1.82, 2.24) is 5.43 Å². The Balaban J connectivity index is 2.78. The van der Waals surface area contributed by atoms with Crippen molar-refractivity contribution in [3.63, 3.8) is 0 Å². The summed E-state index contributed by atoms with van der Waals surface area (Å²) in [7, 11) is 1.67. The summed E-state index contributed by atoms with van der Waals surface area (Å²) < 4.78 is 10.8. The molecule has 3 N–H and O–H groups in total. The molecule has 0 saturated heterocycles. The molecule has 0 fully saturated rings. The van der Waals surface area contributed by atoms with E-state index in [2.05, 4.69) is 11.5 Å². The van der Waals surface area contributed by atoms with E-state index in [1.54, 1.807) is 7.11 Å². The largest absolute Gasteiger partial charge is 0.496 e. The summed E-state index contributed by atoms with van der Waals surface area (Å²) in [5.41, 5.74) is 4.97. The van der Waals surface area contributed by atoms with Gasteiger partial charge in [0.1, 0.15) is 5.75 Å². The second-order valence-electron chi connectivity index (χ2n) is 4.33. The first kappa shape index (κ1) is 14.0. The van der Waals surface area contributed by atoms with Gasteiger partial charge in [0.25, 0.3) is 0 Å². The van der Waals surface area contributed by atoms with E-state index in [9.17, 15) is 0 Å². The summed E-state index contributed by atoms with van der Waals surface area (Å²) in [6.45, 7) is 6.58. The average Bonchev–Trinajstić information content (AvgIpc) is 2.29. The number of hydrogen-bond acceptors (Lipinski definition) is 4. The third-order valence-electron chi connectivity index (χ3n) is 2.62. The van der Waals surface area contributed by atoms with Crippen LogP contribution in [0.3, 0.4) is 0 Å². The molecule has 0 saturated carbocycles. The third-order valence-corrected chi connectivity index (χ3v) is 2.62. The minimum Gasteiger partial charge on any atom is -0.496 e. The van der Waals surface area contributed by atoms with Crippen LogP contribution in [-0.4, -0.2) is 19.8 Å². The van der Waals surface area contributed by atoms with Crippen LogP contribution in [0, 0.1) is 6.92 Å². The van der Waals surface area contributed by atoms with Crippen molar-refractivity contribution in [2.45, 2.75) is 32.9 Å². The molecule has 0 heterocycles. The van der Waals surface area contributed by atoms with E-state index in [-0.39, 0.29) is 12.1 Å². The van der Waals surface area contributed by atoms with Gasteiger partial charge in [-0.3, -0.25) is 11.3 Å². The molecule has 17 heavy (non-hydrogen) atoms. The van der Waals surface area contributed by atoms with Gasteiger partial charge in [-0.25, -0.2) is 0 Å². The third kappa shape index (κ3) is 4.00. The molecule has 1 aromatic carbocycles. The summed E-state index contributed by atoms with van der Waals surface area (Å²) in [4.78, 5) is 0. The van der Waals surface area contributed by atoms with Crippen molar-refractivity contribution in [2.24, 2.45) is 5.84 Å². The molecule has 4 nitrogen and oxygen atoms in total. The van der Waals surface area contributed by atoms with Crippen molar-refractivity contribution in [3.05, 3.63) is 29.3 Å². The van der Waals surface area contributed by atoms with Crippen LogP contribution < -0.4 is 16.0 Å². The fraction of sp³-hybridized carbons (Fsp3) is 0.538. The van der Waals surface area contributed by atoms with Gasteiger partial charge in [0.2, 0.25) is 0 Å².